The van der Waals surface area contributed by atoms with Crippen molar-refractivity contribution >= 4 is 44.7 Å². The maximum atomic E-state index is 12.4. The minimum absolute atomic E-state index is 0.0746. The first-order valence-electron chi connectivity index (χ1n) is 8.30. The molecule has 0 radical (unpaired) electrons. The Bertz CT molecular complexity index is 1100. The van der Waals surface area contributed by atoms with Crippen molar-refractivity contribution in [1.82, 2.24) is 0 Å². The van der Waals surface area contributed by atoms with Gasteiger partial charge in [-0.25, -0.2) is 0 Å². The summed E-state index contributed by atoms with van der Waals surface area (Å²) in [4.78, 5) is 12.4. The Hall–Kier alpha value is -3.04. The zero-order valence-corrected chi connectivity index (χ0v) is 14.7. The molecule has 128 valence electrons. The molecule has 0 fully saturated rings. The minimum atomic E-state index is -0.208. The number of rotatable bonds is 4. The van der Waals surface area contributed by atoms with Crippen LogP contribution in [0.4, 0.5) is 5.69 Å². The molecule has 1 amide bonds. The van der Waals surface area contributed by atoms with Crippen LogP contribution in [0.3, 0.4) is 0 Å². The quantitative estimate of drug-likeness (QED) is 0.509. The highest BCUT2D eigenvalue weighted by Crippen LogP contribution is 2.31. The topological polar surface area (TPSA) is 38.3 Å². The fourth-order valence-corrected chi connectivity index (χ4v) is 3.25. The molecule has 0 heterocycles. The monoisotopic (exact) mass is 361 g/mol. The maximum Gasteiger partial charge on any atom is 0.262 e. The number of halogens is 1. The lowest BCUT2D eigenvalue weighted by atomic mass is 10.1. The van der Waals surface area contributed by atoms with Crippen LogP contribution >= 0.6 is 11.6 Å². The second kappa shape index (κ2) is 7.06. The Balaban J connectivity index is 1.52. The number of carbonyl (C=O) groups excluding carboxylic acids is 1. The van der Waals surface area contributed by atoms with Gasteiger partial charge in [-0.05, 0) is 23.6 Å². The number of nitrogens with one attached hydrogen (secondary N) is 1. The zero-order chi connectivity index (χ0) is 17.9. The molecular weight excluding hydrogens is 346 g/mol. The molecule has 0 spiro atoms. The summed E-state index contributed by atoms with van der Waals surface area (Å²) in [6, 6.07) is 25.0. The number of hydrogen-bond acceptors (Lipinski definition) is 2. The highest BCUT2D eigenvalue weighted by atomic mass is 35.5. The van der Waals surface area contributed by atoms with Crippen LogP contribution in [-0.2, 0) is 4.79 Å². The third kappa shape index (κ3) is 3.22. The summed E-state index contributed by atoms with van der Waals surface area (Å²) in [5, 5.41) is 7.45. The normalized spacial score (nSPS) is 10.8. The molecule has 4 aromatic rings. The number of amides is 1. The zero-order valence-electron chi connectivity index (χ0n) is 13.9. The average Bonchev–Trinajstić information content (AvgIpc) is 2.68. The first-order valence-corrected chi connectivity index (χ1v) is 8.68. The van der Waals surface area contributed by atoms with E-state index >= 15 is 0 Å². The summed E-state index contributed by atoms with van der Waals surface area (Å²) >= 11 is 6.22. The maximum absolute atomic E-state index is 12.4. The first kappa shape index (κ1) is 16.4. The van der Waals surface area contributed by atoms with E-state index in [2.05, 4.69) is 5.32 Å². The first-order chi connectivity index (χ1) is 12.7. The van der Waals surface area contributed by atoms with E-state index in [1.165, 1.54) is 0 Å². The van der Waals surface area contributed by atoms with Gasteiger partial charge < -0.3 is 10.1 Å². The molecule has 0 unspecified atom stereocenters. The van der Waals surface area contributed by atoms with Crippen molar-refractivity contribution in [3.8, 4) is 5.75 Å². The van der Waals surface area contributed by atoms with Gasteiger partial charge in [0.2, 0.25) is 0 Å². The molecule has 0 aliphatic rings. The molecule has 0 bridgehead atoms. The van der Waals surface area contributed by atoms with Crippen molar-refractivity contribution in [3.63, 3.8) is 0 Å². The smallest absolute Gasteiger partial charge is 0.262 e. The largest absolute Gasteiger partial charge is 0.483 e. The van der Waals surface area contributed by atoms with E-state index in [-0.39, 0.29) is 12.5 Å². The standard InChI is InChI=1S/C22H16ClNO2/c23-19-12-13-21(18-10-4-3-9-17(18)19)26-14-22(25)24-20-11-5-7-15-6-1-2-8-16(15)20/h1-13H,14H2,(H,24,25). The lowest BCUT2D eigenvalue weighted by Crippen LogP contribution is -2.20. The summed E-state index contributed by atoms with van der Waals surface area (Å²) < 4.78 is 5.75. The Morgan fingerprint density at radius 3 is 2.35 bits per heavy atom. The lowest BCUT2D eigenvalue weighted by Gasteiger charge is -2.12. The van der Waals surface area contributed by atoms with Gasteiger partial charge >= 0.3 is 0 Å². The third-order valence-corrected chi connectivity index (χ3v) is 4.58. The van der Waals surface area contributed by atoms with Gasteiger partial charge in [-0.3, -0.25) is 4.79 Å². The lowest BCUT2D eigenvalue weighted by molar-refractivity contribution is -0.118. The number of fused-ring (bicyclic) bond motifs is 2. The van der Waals surface area contributed by atoms with Gasteiger partial charge in [-0.2, -0.15) is 0 Å². The van der Waals surface area contributed by atoms with Crippen molar-refractivity contribution in [2.75, 3.05) is 11.9 Å². The van der Waals surface area contributed by atoms with Crippen molar-refractivity contribution in [2.45, 2.75) is 0 Å². The summed E-state index contributed by atoms with van der Waals surface area (Å²) in [7, 11) is 0. The Morgan fingerprint density at radius 2 is 1.50 bits per heavy atom. The van der Waals surface area contributed by atoms with Crippen LogP contribution in [0, 0.1) is 0 Å². The fourth-order valence-electron chi connectivity index (χ4n) is 3.02. The van der Waals surface area contributed by atoms with E-state index < -0.39 is 0 Å². The van der Waals surface area contributed by atoms with Gasteiger partial charge in [0.25, 0.3) is 5.91 Å². The number of hydrogen-bond donors (Lipinski definition) is 1. The number of carbonyl (C=O) groups is 1. The Labute approximate surface area is 156 Å². The van der Waals surface area contributed by atoms with E-state index in [4.69, 9.17) is 16.3 Å². The van der Waals surface area contributed by atoms with Crippen molar-refractivity contribution in [2.24, 2.45) is 0 Å². The molecule has 26 heavy (non-hydrogen) atoms. The third-order valence-electron chi connectivity index (χ3n) is 4.25. The Morgan fingerprint density at radius 1 is 0.808 bits per heavy atom. The molecule has 4 rings (SSSR count). The van der Waals surface area contributed by atoms with Crippen LogP contribution in [-0.4, -0.2) is 12.5 Å². The van der Waals surface area contributed by atoms with E-state index in [1.54, 1.807) is 12.1 Å². The fraction of sp³-hybridized carbons (Fsp3) is 0.0455. The predicted molar refractivity (Wildman–Crippen MR) is 107 cm³/mol. The van der Waals surface area contributed by atoms with Crippen LogP contribution in [0.15, 0.2) is 78.9 Å². The second-order valence-corrected chi connectivity index (χ2v) is 6.36. The molecule has 0 aliphatic carbocycles. The molecular formula is C22H16ClNO2. The molecule has 1 N–H and O–H groups in total. The number of benzene rings is 4. The van der Waals surface area contributed by atoms with Gasteiger partial charge in [0.15, 0.2) is 6.61 Å². The molecule has 0 saturated heterocycles. The summed E-state index contributed by atoms with van der Waals surface area (Å²) in [5.74, 6) is 0.429. The van der Waals surface area contributed by atoms with Crippen LogP contribution in [0.5, 0.6) is 5.75 Å². The highest BCUT2D eigenvalue weighted by Gasteiger charge is 2.09. The van der Waals surface area contributed by atoms with Gasteiger partial charge in [-0.15, -0.1) is 0 Å². The summed E-state index contributed by atoms with van der Waals surface area (Å²) in [6.45, 7) is -0.0746. The molecule has 0 aliphatic heterocycles. The van der Waals surface area contributed by atoms with Gasteiger partial charge in [0.05, 0.1) is 0 Å². The molecule has 4 heteroatoms. The Kier molecular flexibility index (Phi) is 4.46. The summed E-state index contributed by atoms with van der Waals surface area (Å²) in [6.07, 6.45) is 0. The molecule has 0 atom stereocenters. The van der Waals surface area contributed by atoms with E-state index in [9.17, 15) is 4.79 Å². The number of ether oxygens (including phenoxy) is 1. The van der Waals surface area contributed by atoms with E-state index in [0.29, 0.717) is 10.8 Å². The second-order valence-electron chi connectivity index (χ2n) is 5.95. The molecule has 4 aromatic carbocycles. The van der Waals surface area contributed by atoms with Crippen LogP contribution in [0.25, 0.3) is 21.5 Å². The van der Waals surface area contributed by atoms with Crippen LogP contribution < -0.4 is 10.1 Å². The minimum Gasteiger partial charge on any atom is -0.483 e. The highest BCUT2D eigenvalue weighted by molar-refractivity contribution is 6.35. The van der Waals surface area contributed by atoms with Gasteiger partial charge in [-0.1, -0.05) is 72.3 Å². The van der Waals surface area contributed by atoms with E-state index in [1.807, 2.05) is 66.7 Å². The van der Waals surface area contributed by atoms with Gasteiger partial charge in [0, 0.05) is 26.9 Å². The van der Waals surface area contributed by atoms with Crippen LogP contribution in [0.1, 0.15) is 0 Å². The van der Waals surface area contributed by atoms with Crippen molar-refractivity contribution < 1.29 is 9.53 Å². The van der Waals surface area contributed by atoms with Gasteiger partial charge in [0.1, 0.15) is 5.75 Å². The summed E-state index contributed by atoms with van der Waals surface area (Å²) in [5.41, 5.74) is 0.776. The number of anilines is 1. The molecule has 0 saturated carbocycles. The molecule has 0 aromatic heterocycles. The van der Waals surface area contributed by atoms with Crippen molar-refractivity contribution in [1.29, 1.82) is 0 Å². The average molecular weight is 362 g/mol. The predicted octanol–water partition coefficient (Wildman–Crippen LogP) is 5.66. The molecule has 3 nitrogen and oxygen atoms in total. The van der Waals surface area contributed by atoms with Crippen molar-refractivity contribution in [3.05, 3.63) is 83.9 Å². The van der Waals surface area contributed by atoms with E-state index in [0.717, 1.165) is 27.2 Å². The SMILES string of the molecule is O=C(COc1ccc(Cl)c2ccccc12)Nc1cccc2ccccc12. The van der Waals surface area contributed by atoms with Crippen LogP contribution in [0.2, 0.25) is 5.02 Å².